The molecule has 6 heteroatoms. The highest BCUT2D eigenvalue weighted by molar-refractivity contribution is 5.80. The van der Waals surface area contributed by atoms with E-state index in [0.717, 1.165) is 16.7 Å². The standard InChI is InChI=1S/C25H23N3O3/c1-18-8-7-11-20(14-18)15-26-23(29)17-28-22-13-6-5-12-21(22)27(24(30)25(28)31)16-19-9-3-2-4-10-19/h2-14H,15-17H2,1H3,(H,26,29). The lowest BCUT2D eigenvalue weighted by Crippen LogP contribution is -2.44. The molecule has 0 spiro atoms. The molecular formula is C25H23N3O3. The molecular weight excluding hydrogens is 390 g/mol. The maximum absolute atomic E-state index is 12.9. The number of nitrogens with zero attached hydrogens (tertiary/aromatic N) is 2. The number of hydrogen-bond acceptors (Lipinski definition) is 3. The smallest absolute Gasteiger partial charge is 0.317 e. The maximum Gasteiger partial charge on any atom is 0.317 e. The molecule has 31 heavy (non-hydrogen) atoms. The van der Waals surface area contributed by atoms with Gasteiger partial charge in [0.1, 0.15) is 6.54 Å². The number of hydrogen-bond donors (Lipinski definition) is 1. The van der Waals surface area contributed by atoms with Crippen molar-refractivity contribution in [3.63, 3.8) is 0 Å². The van der Waals surface area contributed by atoms with Crippen LogP contribution in [0.25, 0.3) is 11.0 Å². The fourth-order valence-corrected chi connectivity index (χ4v) is 3.67. The Hall–Kier alpha value is -3.93. The SMILES string of the molecule is Cc1cccc(CNC(=O)Cn2c(=O)c(=O)n(Cc3ccccc3)c3ccccc32)c1. The molecule has 6 nitrogen and oxygen atoms in total. The van der Waals surface area contributed by atoms with Crippen LogP contribution >= 0.6 is 0 Å². The molecule has 0 aliphatic heterocycles. The molecule has 0 unspecified atom stereocenters. The molecule has 1 N–H and O–H groups in total. The van der Waals surface area contributed by atoms with E-state index in [4.69, 9.17) is 0 Å². The second-order valence-electron chi connectivity index (χ2n) is 7.52. The molecule has 4 rings (SSSR count). The first kappa shape index (κ1) is 20.3. The van der Waals surface area contributed by atoms with Crippen molar-refractivity contribution in [2.45, 2.75) is 26.6 Å². The van der Waals surface area contributed by atoms with E-state index in [-0.39, 0.29) is 19.0 Å². The predicted molar refractivity (Wildman–Crippen MR) is 121 cm³/mol. The third kappa shape index (κ3) is 4.48. The van der Waals surface area contributed by atoms with Crippen LogP contribution in [-0.4, -0.2) is 15.0 Å². The minimum atomic E-state index is -0.708. The molecule has 0 fully saturated rings. The van der Waals surface area contributed by atoms with Gasteiger partial charge >= 0.3 is 11.1 Å². The number of carbonyl (C=O) groups is 1. The topological polar surface area (TPSA) is 73.1 Å². The third-order valence-electron chi connectivity index (χ3n) is 5.19. The fraction of sp³-hybridized carbons (Fsp3) is 0.160. The van der Waals surface area contributed by atoms with Crippen LogP contribution in [0.15, 0.2) is 88.5 Å². The van der Waals surface area contributed by atoms with E-state index in [9.17, 15) is 14.4 Å². The summed E-state index contributed by atoms with van der Waals surface area (Å²) in [5.74, 6) is -0.325. The highest BCUT2D eigenvalue weighted by Crippen LogP contribution is 2.12. The third-order valence-corrected chi connectivity index (χ3v) is 5.19. The van der Waals surface area contributed by atoms with Crippen LogP contribution in [0.4, 0.5) is 0 Å². The number of aromatic nitrogens is 2. The van der Waals surface area contributed by atoms with E-state index in [1.807, 2.05) is 67.6 Å². The molecule has 0 radical (unpaired) electrons. The lowest BCUT2D eigenvalue weighted by Gasteiger charge is -2.15. The Morgan fingerprint density at radius 2 is 1.39 bits per heavy atom. The van der Waals surface area contributed by atoms with Crippen molar-refractivity contribution < 1.29 is 4.79 Å². The van der Waals surface area contributed by atoms with Crippen LogP contribution in [0.3, 0.4) is 0 Å². The summed E-state index contributed by atoms with van der Waals surface area (Å²) in [7, 11) is 0. The molecule has 0 atom stereocenters. The summed E-state index contributed by atoms with van der Waals surface area (Å²) in [5, 5.41) is 2.83. The Balaban J connectivity index is 1.65. The maximum atomic E-state index is 12.9. The van der Waals surface area contributed by atoms with Crippen molar-refractivity contribution in [1.82, 2.24) is 14.5 Å². The summed E-state index contributed by atoms with van der Waals surface area (Å²) in [4.78, 5) is 38.4. The van der Waals surface area contributed by atoms with Gasteiger partial charge in [-0.15, -0.1) is 0 Å². The van der Waals surface area contributed by atoms with Gasteiger partial charge in [0.2, 0.25) is 5.91 Å². The van der Waals surface area contributed by atoms with Crippen molar-refractivity contribution in [3.05, 3.63) is 116 Å². The second kappa shape index (κ2) is 8.83. The Kier molecular flexibility index (Phi) is 5.80. The molecule has 0 saturated heterocycles. The van der Waals surface area contributed by atoms with Crippen LogP contribution in [0, 0.1) is 6.92 Å². The number of para-hydroxylation sites is 2. The van der Waals surface area contributed by atoms with Gasteiger partial charge in [-0.25, -0.2) is 0 Å². The molecule has 0 bridgehead atoms. The summed E-state index contributed by atoms with van der Waals surface area (Å²) < 4.78 is 2.72. The zero-order valence-electron chi connectivity index (χ0n) is 17.2. The van der Waals surface area contributed by atoms with Gasteiger partial charge in [-0.1, -0.05) is 72.3 Å². The van der Waals surface area contributed by atoms with Crippen LogP contribution in [-0.2, 0) is 24.4 Å². The Morgan fingerprint density at radius 1 is 0.774 bits per heavy atom. The van der Waals surface area contributed by atoms with Gasteiger partial charge in [-0.3, -0.25) is 23.5 Å². The number of benzene rings is 3. The number of amides is 1. The molecule has 1 heterocycles. The average molecular weight is 413 g/mol. The van der Waals surface area contributed by atoms with E-state index in [2.05, 4.69) is 5.32 Å². The van der Waals surface area contributed by atoms with Gasteiger partial charge in [0, 0.05) is 6.54 Å². The van der Waals surface area contributed by atoms with E-state index < -0.39 is 11.1 Å². The number of carbonyl (C=O) groups excluding carboxylic acids is 1. The summed E-state index contributed by atoms with van der Waals surface area (Å²) in [6.07, 6.45) is 0. The van der Waals surface area contributed by atoms with Crippen molar-refractivity contribution in [3.8, 4) is 0 Å². The quantitative estimate of drug-likeness (QED) is 0.494. The van der Waals surface area contributed by atoms with Crippen molar-refractivity contribution in [1.29, 1.82) is 0 Å². The predicted octanol–water partition coefficient (Wildman–Crippen LogP) is 2.84. The lowest BCUT2D eigenvalue weighted by atomic mass is 10.1. The zero-order valence-corrected chi connectivity index (χ0v) is 17.2. The summed E-state index contributed by atoms with van der Waals surface area (Å²) in [6, 6.07) is 24.5. The molecule has 4 aromatic rings. The van der Waals surface area contributed by atoms with E-state index in [1.54, 1.807) is 18.2 Å². The van der Waals surface area contributed by atoms with Crippen LogP contribution in [0.2, 0.25) is 0 Å². The summed E-state index contributed by atoms with van der Waals surface area (Å²) in [5.41, 5.74) is 2.81. The highest BCUT2D eigenvalue weighted by Gasteiger charge is 2.15. The van der Waals surface area contributed by atoms with E-state index in [0.29, 0.717) is 17.6 Å². The molecule has 0 aliphatic rings. The Bertz CT molecular complexity index is 1350. The second-order valence-corrected chi connectivity index (χ2v) is 7.52. The van der Waals surface area contributed by atoms with Gasteiger partial charge in [0.05, 0.1) is 17.6 Å². The summed E-state index contributed by atoms with van der Waals surface area (Å²) >= 11 is 0. The van der Waals surface area contributed by atoms with Crippen molar-refractivity contribution in [2.75, 3.05) is 0 Å². The largest absolute Gasteiger partial charge is 0.350 e. The molecule has 0 aliphatic carbocycles. The normalized spacial score (nSPS) is 10.9. The molecule has 1 aromatic heterocycles. The van der Waals surface area contributed by atoms with Gasteiger partial charge in [0.25, 0.3) is 0 Å². The Labute approximate surface area is 179 Å². The number of rotatable bonds is 6. The average Bonchev–Trinajstić information content (AvgIpc) is 2.79. The minimum absolute atomic E-state index is 0.216. The first-order valence-corrected chi connectivity index (χ1v) is 10.1. The first-order valence-electron chi connectivity index (χ1n) is 10.1. The fourth-order valence-electron chi connectivity index (χ4n) is 3.67. The minimum Gasteiger partial charge on any atom is -0.350 e. The number of aryl methyl sites for hydroxylation is 1. The van der Waals surface area contributed by atoms with Crippen molar-refractivity contribution in [2.24, 2.45) is 0 Å². The van der Waals surface area contributed by atoms with Gasteiger partial charge in [-0.2, -0.15) is 0 Å². The lowest BCUT2D eigenvalue weighted by molar-refractivity contribution is -0.121. The monoisotopic (exact) mass is 413 g/mol. The van der Waals surface area contributed by atoms with E-state index >= 15 is 0 Å². The van der Waals surface area contributed by atoms with Crippen LogP contribution < -0.4 is 16.4 Å². The molecule has 156 valence electrons. The van der Waals surface area contributed by atoms with Gasteiger partial charge in [-0.05, 0) is 30.2 Å². The molecule has 3 aromatic carbocycles. The molecule has 0 saturated carbocycles. The highest BCUT2D eigenvalue weighted by atomic mass is 16.2. The van der Waals surface area contributed by atoms with Gasteiger partial charge in [0.15, 0.2) is 0 Å². The van der Waals surface area contributed by atoms with Crippen LogP contribution in [0.5, 0.6) is 0 Å². The van der Waals surface area contributed by atoms with E-state index in [1.165, 1.54) is 9.13 Å². The summed E-state index contributed by atoms with van der Waals surface area (Å²) in [6.45, 7) is 2.42. The van der Waals surface area contributed by atoms with Crippen LogP contribution in [0.1, 0.15) is 16.7 Å². The number of nitrogens with one attached hydrogen (secondary N) is 1. The van der Waals surface area contributed by atoms with Gasteiger partial charge < -0.3 is 5.32 Å². The zero-order chi connectivity index (χ0) is 21.8. The Morgan fingerprint density at radius 3 is 2.10 bits per heavy atom. The first-order chi connectivity index (χ1) is 15.0. The molecule has 1 amide bonds. The van der Waals surface area contributed by atoms with Crippen molar-refractivity contribution >= 4 is 16.9 Å². The number of fused-ring (bicyclic) bond motifs is 1.